The summed E-state index contributed by atoms with van der Waals surface area (Å²) in [5.41, 5.74) is 13.1. The molecule has 3 nitrogen and oxygen atoms in total. The minimum atomic E-state index is 0.657. The van der Waals surface area contributed by atoms with E-state index in [2.05, 4.69) is 115 Å². The molecule has 0 amide bonds. The summed E-state index contributed by atoms with van der Waals surface area (Å²) < 4.78 is 0. The molecule has 7 aromatic rings. The molecule has 0 atom stereocenters. The molecular formula is C40H27N3. The maximum atomic E-state index is 5.00. The molecule has 1 heterocycles. The highest BCUT2D eigenvalue weighted by Gasteiger charge is 2.21. The fourth-order valence-electron chi connectivity index (χ4n) is 6.05. The molecule has 0 radical (unpaired) electrons. The van der Waals surface area contributed by atoms with Crippen LogP contribution in [0.15, 0.2) is 152 Å². The molecular weight excluding hydrogens is 522 g/mol. The van der Waals surface area contributed by atoms with E-state index in [1.165, 1.54) is 33.4 Å². The van der Waals surface area contributed by atoms with Crippen molar-refractivity contribution in [1.29, 1.82) is 0 Å². The molecule has 0 N–H and O–H groups in total. The lowest BCUT2D eigenvalue weighted by molar-refractivity contribution is 1.07. The van der Waals surface area contributed by atoms with Gasteiger partial charge in [-0.2, -0.15) is 0 Å². The van der Waals surface area contributed by atoms with Gasteiger partial charge in [0.1, 0.15) is 0 Å². The average Bonchev–Trinajstić information content (AvgIpc) is 3.48. The van der Waals surface area contributed by atoms with Gasteiger partial charge >= 0.3 is 0 Å². The lowest BCUT2D eigenvalue weighted by Crippen LogP contribution is -2.00. The van der Waals surface area contributed by atoms with Crippen molar-refractivity contribution in [2.75, 3.05) is 0 Å². The number of hydrogen-bond donors (Lipinski definition) is 0. The summed E-state index contributed by atoms with van der Waals surface area (Å²) in [6, 6.07) is 52.9. The van der Waals surface area contributed by atoms with Crippen molar-refractivity contribution < 1.29 is 0 Å². The number of hydrogen-bond acceptors (Lipinski definition) is 3. The third-order valence-electron chi connectivity index (χ3n) is 8.20. The molecule has 0 fully saturated rings. The molecule has 0 saturated carbocycles. The van der Waals surface area contributed by atoms with Crippen LogP contribution in [0.3, 0.4) is 0 Å². The van der Waals surface area contributed by atoms with E-state index in [1.807, 2.05) is 36.4 Å². The van der Waals surface area contributed by atoms with Crippen LogP contribution in [0.5, 0.6) is 0 Å². The van der Waals surface area contributed by atoms with E-state index in [-0.39, 0.29) is 0 Å². The van der Waals surface area contributed by atoms with E-state index < -0.39 is 0 Å². The first-order valence-electron chi connectivity index (χ1n) is 14.6. The van der Waals surface area contributed by atoms with E-state index in [0.29, 0.717) is 17.5 Å². The van der Waals surface area contributed by atoms with Crippen LogP contribution in [0.4, 0.5) is 0 Å². The number of fused-ring (bicyclic) bond motifs is 3. The molecule has 0 unspecified atom stereocenters. The Kier molecular flexibility index (Phi) is 6.20. The summed E-state index contributed by atoms with van der Waals surface area (Å²) in [7, 11) is 0. The van der Waals surface area contributed by atoms with E-state index >= 15 is 0 Å². The largest absolute Gasteiger partial charge is 0.208 e. The topological polar surface area (TPSA) is 38.7 Å². The van der Waals surface area contributed by atoms with Gasteiger partial charge in [-0.05, 0) is 57.0 Å². The summed E-state index contributed by atoms with van der Waals surface area (Å²) in [6.45, 7) is 0. The van der Waals surface area contributed by atoms with Gasteiger partial charge in [0.05, 0.1) is 0 Å². The van der Waals surface area contributed by atoms with Gasteiger partial charge in [-0.1, -0.05) is 146 Å². The Labute approximate surface area is 251 Å². The van der Waals surface area contributed by atoms with Crippen LogP contribution in [0, 0.1) is 0 Å². The minimum absolute atomic E-state index is 0.657. The standard InChI is InChI=1S/C40H27N3/c1-3-11-27(12-4-1)31-16-9-17-33(25-31)40-42-38(29-13-5-2-6-14-29)41-39(43-40)30-23-21-28(22-24-30)34-19-10-20-36-35-18-8-7-15-32(35)26-37(34)36/h1-25H,26H2. The molecule has 3 heteroatoms. The first kappa shape index (κ1) is 25.1. The first-order valence-corrected chi connectivity index (χ1v) is 14.6. The molecule has 1 aliphatic carbocycles. The highest BCUT2D eigenvalue weighted by Crippen LogP contribution is 2.41. The van der Waals surface area contributed by atoms with Gasteiger partial charge in [0.15, 0.2) is 17.5 Å². The van der Waals surface area contributed by atoms with Crippen molar-refractivity contribution in [3.63, 3.8) is 0 Å². The van der Waals surface area contributed by atoms with Crippen LogP contribution in [-0.2, 0) is 6.42 Å². The van der Waals surface area contributed by atoms with Gasteiger partial charge in [0.2, 0.25) is 0 Å². The summed E-state index contributed by atoms with van der Waals surface area (Å²) in [4.78, 5) is 14.9. The van der Waals surface area contributed by atoms with E-state index in [9.17, 15) is 0 Å². The smallest absolute Gasteiger partial charge is 0.164 e. The van der Waals surface area contributed by atoms with Crippen molar-refractivity contribution in [3.05, 3.63) is 163 Å². The highest BCUT2D eigenvalue weighted by molar-refractivity contribution is 5.85. The van der Waals surface area contributed by atoms with E-state index in [1.54, 1.807) is 0 Å². The van der Waals surface area contributed by atoms with E-state index in [4.69, 9.17) is 15.0 Å². The second-order valence-electron chi connectivity index (χ2n) is 10.9. The third-order valence-corrected chi connectivity index (χ3v) is 8.20. The van der Waals surface area contributed by atoms with Crippen LogP contribution in [-0.4, -0.2) is 15.0 Å². The quantitative estimate of drug-likeness (QED) is 0.214. The molecule has 0 bridgehead atoms. The molecule has 0 spiro atoms. The van der Waals surface area contributed by atoms with Gasteiger partial charge in [0.25, 0.3) is 0 Å². The first-order chi connectivity index (χ1) is 21.3. The number of nitrogens with zero attached hydrogens (tertiary/aromatic N) is 3. The Morgan fingerprint density at radius 3 is 1.56 bits per heavy atom. The summed E-state index contributed by atoms with van der Waals surface area (Å²) >= 11 is 0. The maximum absolute atomic E-state index is 5.00. The van der Waals surface area contributed by atoms with Crippen molar-refractivity contribution in [3.8, 4) is 67.5 Å². The SMILES string of the molecule is c1ccc(-c2cccc(-c3nc(-c4ccccc4)nc(-c4ccc(-c5cccc6c5Cc5ccccc5-6)cc4)n3)c2)cc1. The van der Waals surface area contributed by atoms with E-state index in [0.717, 1.165) is 34.2 Å². The molecule has 202 valence electrons. The Morgan fingerprint density at radius 2 is 0.814 bits per heavy atom. The third kappa shape index (κ3) is 4.71. The molecule has 1 aliphatic rings. The lowest BCUT2D eigenvalue weighted by Gasteiger charge is -2.11. The maximum Gasteiger partial charge on any atom is 0.164 e. The Hall–Kier alpha value is -5.67. The zero-order valence-electron chi connectivity index (χ0n) is 23.5. The van der Waals surface area contributed by atoms with Crippen molar-refractivity contribution >= 4 is 0 Å². The number of benzene rings is 6. The number of aromatic nitrogens is 3. The van der Waals surface area contributed by atoms with Crippen molar-refractivity contribution in [2.45, 2.75) is 6.42 Å². The van der Waals surface area contributed by atoms with Crippen LogP contribution < -0.4 is 0 Å². The molecule has 6 aromatic carbocycles. The average molecular weight is 550 g/mol. The molecule has 8 rings (SSSR count). The van der Waals surface area contributed by atoms with Gasteiger partial charge in [-0.25, -0.2) is 15.0 Å². The van der Waals surface area contributed by atoms with Gasteiger partial charge in [-0.15, -0.1) is 0 Å². The lowest BCUT2D eigenvalue weighted by atomic mass is 9.95. The van der Waals surface area contributed by atoms with Crippen molar-refractivity contribution in [1.82, 2.24) is 15.0 Å². The van der Waals surface area contributed by atoms with Crippen LogP contribution in [0.2, 0.25) is 0 Å². The fraction of sp³-hybridized carbons (Fsp3) is 0.0250. The molecule has 0 saturated heterocycles. The van der Waals surface area contributed by atoms with Crippen LogP contribution >= 0.6 is 0 Å². The minimum Gasteiger partial charge on any atom is -0.208 e. The monoisotopic (exact) mass is 549 g/mol. The molecule has 1 aromatic heterocycles. The second-order valence-corrected chi connectivity index (χ2v) is 10.9. The number of rotatable bonds is 5. The fourth-order valence-corrected chi connectivity index (χ4v) is 6.05. The van der Waals surface area contributed by atoms with Gasteiger partial charge in [-0.3, -0.25) is 0 Å². The van der Waals surface area contributed by atoms with Crippen molar-refractivity contribution in [2.24, 2.45) is 0 Å². The highest BCUT2D eigenvalue weighted by atomic mass is 15.0. The Morgan fingerprint density at radius 1 is 0.326 bits per heavy atom. The van der Waals surface area contributed by atoms with Gasteiger partial charge < -0.3 is 0 Å². The summed E-state index contributed by atoms with van der Waals surface area (Å²) in [5, 5.41) is 0. The normalized spacial score (nSPS) is 11.6. The zero-order valence-corrected chi connectivity index (χ0v) is 23.5. The molecule has 43 heavy (non-hydrogen) atoms. The Bertz CT molecular complexity index is 2080. The predicted octanol–water partition coefficient (Wildman–Crippen LogP) is 9.78. The predicted molar refractivity (Wildman–Crippen MR) is 175 cm³/mol. The second kappa shape index (κ2) is 10.6. The Balaban J connectivity index is 1.20. The molecule has 0 aliphatic heterocycles. The van der Waals surface area contributed by atoms with Crippen LogP contribution in [0.1, 0.15) is 11.1 Å². The summed E-state index contributed by atoms with van der Waals surface area (Å²) in [5.74, 6) is 1.98. The summed E-state index contributed by atoms with van der Waals surface area (Å²) in [6.07, 6.45) is 0.961. The van der Waals surface area contributed by atoms with Crippen LogP contribution in [0.25, 0.3) is 67.5 Å². The zero-order chi connectivity index (χ0) is 28.6. The van der Waals surface area contributed by atoms with Gasteiger partial charge in [0, 0.05) is 16.7 Å².